The number of alkyl halides is 6. The number of aliphatic carboxylic acids is 2. The van der Waals surface area contributed by atoms with Crippen molar-refractivity contribution >= 4 is 17.8 Å². The number of rotatable bonds is 4. The number of piperidine rings is 1. The Balaban J connectivity index is 0.000000349. The van der Waals surface area contributed by atoms with Crippen molar-refractivity contribution in [1.29, 1.82) is 0 Å². The first-order valence-corrected chi connectivity index (χ1v) is 12.4. The van der Waals surface area contributed by atoms with Crippen LogP contribution in [0.15, 0.2) is 24.5 Å². The number of hydrogen-bond acceptors (Lipinski definition) is 7. The molecule has 1 fully saturated rings. The Kier molecular flexibility index (Phi) is 11.2. The minimum Gasteiger partial charge on any atom is -0.475 e. The second-order valence-electron chi connectivity index (χ2n) is 9.90. The summed E-state index contributed by atoms with van der Waals surface area (Å²) < 4.78 is 65.5. The van der Waals surface area contributed by atoms with Gasteiger partial charge in [0.1, 0.15) is 5.82 Å². The molecule has 2 aromatic rings. The molecule has 2 aliphatic rings. The number of carboxylic acid groups (broad SMARTS) is 2. The van der Waals surface area contributed by atoms with E-state index in [0.717, 1.165) is 57.7 Å². The average Bonchev–Trinajstić information content (AvgIpc) is 3.28. The molecule has 3 N–H and O–H groups in total. The smallest absolute Gasteiger partial charge is 0.475 e. The highest BCUT2D eigenvalue weighted by Gasteiger charge is 2.40. The van der Waals surface area contributed by atoms with Crippen molar-refractivity contribution in [2.45, 2.75) is 71.0 Å². The zero-order valence-electron chi connectivity index (χ0n) is 22.2. The number of aryl methyl sites for hydroxylation is 1. The number of likely N-dealkylation sites (tertiary alicyclic amines) is 1. The number of carboxylic acids is 2. The van der Waals surface area contributed by atoms with Crippen LogP contribution in [-0.2, 0) is 29.1 Å². The summed E-state index contributed by atoms with van der Waals surface area (Å²) in [5.41, 5.74) is 1.53. The molecule has 1 saturated heterocycles. The number of carbonyl (C=O) groups is 3. The van der Waals surface area contributed by atoms with E-state index in [1.165, 1.54) is 5.56 Å². The summed E-state index contributed by atoms with van der Waals surface area (Å²) in [7, 11) is 0. The fraction of sp³-hybridized carbons (Fsp3) is 0.583. The van der Waals surface area contributed by atoms with E-state index in [9.17, 15) is 31.1 Å². The molecule has 17 heteroatoms. The van der Waals surface area contributed by atoms with Gasteiger partial charge in [0.15, 0.2) is 0 Å². The number of nitrogens with one attached hydrogen (secondary N) is 1. The number of hydrogen-bond donors (Lipinski definition) is 3. The van der Waals surface area contributed by atoms with Gasteiger partial charge in [-0.3, -0.25) is 14.7 Å². The zero-order valence-corrected chi connectivity index (χ0v) is 22.2. The van der Waals surface area contributed by atoms with Crippen molar-refractivity contribution < 1.29 is 50.9 Å². The average molecular weight is 597 g/mol. The van der Waals surface area contributed by atoms with Gasteiger partial charge < -0.3 is 20.1 Å². The Hall–Kier alpha value is -3.76. The minimum atomic E-state index is -5.08. The Labute approximate surface area is 230 Å². The molecule has 0 atom stereocenters. The van der Waals surface area contributed by atoms with Crippen molar-refractivity contribution in [2.24, 2.45) is 5.41 Å². The van der Waals surface area contributed by atoms with Crippen LogP contribution in [0, 0.1) is 5.41 Å². The van der Waals surface area contributed by atoms with E-state index in [-0.39, 0.29) is 17.4 Å². The standard InChI is InChI=1S/C20H28N6O.2C2HF3O2/c1-15(2)22-19(27)18-24-23-17-5-6-20(14-26(17)18)7-10-25(11-8-20)13-16-4-3-9-21-12-16;2*3-2(4,5)1(6)7/h3-4,9,12,15H,5-8,10-11,13-14H2,1-2H3,(H,22,27);2*(H,6,7). The first-order valence-electron chi connectivity index (χ1n) is 12.4. The number of carbonyl (C=O) groups excluding carboxylic acids is 1. The van der Waals surface area contributed by atoms with E-state index in [1.54, 1.807) is 0 Å². The Morgan fingerprint density at radius 2 is 1.56 bits per heavy atom. The highest BCUT2D eigenvalue weighted by molar-refractivity contribution is 5.90. The van der Waals surface area contributed by atoms with Gasteiger partial charge in [0, 0.05) is 37.9 Å². The molecule has 228 valence electrons. The molecule has 41 heavy (non-hydrogen) atoms. The summed E-state index contributed by atoms with van der Waals surface area (Å²) in [4.78, 5) is 37.0. The minimum absolute atomic E-state index is 0.0960. The summed E-state index contributed by atoms with van der Waals surface area (Å²) in [6.07, 6.45) is -2.05. The molecular weight excluding hydrogens is 566 g/mol. The summed E-state index contributed by atoms with van der Waals surface area (Å²) in [5, 5.41) is 25.6. The molecule has 0 aliphatic carbocycles. The number of amides is 1. The topological polar surface area (TPSA) is 151 Å². The third kappa shape index (κ3) is 10.3. The van der Waals surface area contributed by atoms with Crippen molar-refractivity contribution in [3.63, 3.8) is 0 Å². The van der Waals surface area contributed by atoms with Gasteiger partial charge in [0.05, 0.1) is 0 Å². The van der Waals surface area contributed by atoms with Crippen LogP contribution < -0.4 is 5.32 Å². The van der Waals surface area contributed by atoms with Gasteiger partial charge in [-0.1, -0.05) is 6.07 Å². The SMILES string of the molecule is CC(C)NC(=O)c1nnc2n1CC1(CC2)CCN(Cc2cccnc2)CC1.O=C(O)C(F)(F)F.O=C(O)C(F)(F)F. The number of nitrogens with zero attached hydrogens (tertiary/aromatic N) is 5. The number of halogens is 6. The lowest BCUT2D eigenvalue weighted by molar-refractivity contribution is -0.193. The monoisotopic (exact) mass is 596 g/mol. The van der Waals surface area contributed by atoms with Crippen LogP contribution in [0.25, 0.3) is 0 Å². The maximum atomic E-state index is 12.5. The maximum absolute atomic E-state index is 12.5. The fourth-order valence-electron chi connectivity index (χ4n) is 4.32. The molecule has 0 unspecified atom stereocenters. The predicted molar refractivity (Wildman–Crippen MR) is 130 cm³/mol. The predicted octanol–water partition coefficient (Wildman–Crippen LogP) is 3.31. The molecular formula is C24H30F6N6O5. The van der Waals surface area contributed by atoms with Gasteiger partial charge in [-0.05, 0) is 63.2 Å². The van der Waals surface area contributed by atoms with Crippen molar-refractivity contribution in [1.82, 2.24) is 30.0 Å². The van der Waals surface area contributed by atoms with Gasteiger partial charge in [-0.2, -0.15) is 26.3 Å². The van der Waals surface area contributed by atoms with E-state index in [2.05, 4.69) is 36.0 Å². The molecule has 4 heterocycles. The molecule has 0 saturated carbocycles. The molecule has 0 aromatic carbocycles. The van der Waals surface area contributed by atoms with Crippen LogP contribution in [0.5, 0.6) is 0 Å². The third-order valence-corrected chi connectivity index (χ3v) is 6.35. The van der Waals surface area contributed by atoms with Crippen LogP contribution in [0.4, 0.5) is 26.3 Å². The van der Waals surface area contributed by atoms with Crippen LogP contribution in [0.1, 0.15) is 55.1 Å². The molecule has 0 bridgehead atoms. The molecule has 0 radical (unpaired) electrons. The van der Waals surface area contributed by atoms with Crippen molar-refractivity contribution in [3.8, 4) is 0 Å². The van der Waals surface area contributed by atoms with Crippen LogP contribution in [-0.4, -0.2) is 84.2 Å². The lowest BCUT2D eigenvalue weighted by atomic mass is 9.73. The second kappa shape index (κ2) is 13.7. The highest BCUT2D eigenvalue weighted by atomic mass is 19.4. The summed E-state index contributed by atoms with van der Waals surface area (Å²) in [6, 6.07) is 4.24. The molecule has 2 aromatic heterocycles. The van der Waals surface area contributed by atoms with E-state index in [1.807, 2.05) is 32.3 Å². The summed E-state index contributed by atoms with van der Waals surface area (Å²) in [5.74, 6) is -4.21. The molecule has 1 amide bonds. The van der Waals surface area contributed by atoms with E-state index in [4.69, 9.17) is 19.8 Å². The van der Waals surface area contributed by atoms with E-state index < -0.39 is 24.3 Å². The van der Waals surface area contributed by atoms with Crippen LogP contribution in [0.3, 0.4) is 0 Å². The normalized spacial score (nSPS) is 16.5. The molecule has 11 nitrogen and oxygen atoms in total. The number of aromatic nitrogens is 4. The lowest BCUT2D eigenvalue weighted by Gasteiger charge is -2.44. The van der Waals surface area contributed by atoms with Gasteiger partial charge in [0.2, 0.25) is 5.82 Å². The van der Waals surface area contributed by atoms with Gasteiger partial charge in [-0.25, -0.2) is 9.59 Å². The van der Waals surface area contributed by atoms with Gasteiger partial charge in [-0.15, -0.1) is 10.2 Å². The highest BCUT2D eigenvalue weighted by Crippen LogP contribution is 2.41. The first kappa shape index (κ1) is 33.4. The summed E-state index contributed by atoms with van der Waals surface area (Å²) in [6.45, 7) is 7.91. The zero-order chi connectivity index (χ0) is 31.0. The van der Waals surface area contributed by atoms with Crippen molar-refractivity contribution in [3.05, 3.63) is 41.7 Å². The lowest BCUT2D eigenvalue weighted by Crippen LogP contribution is -2.45. The Morgan fingerprint density at radius 1 is 1.00 bits per heavy atom. The van der Waals surface area contributed by atoms with E-state index in [0.29, 0.717) is 5.82 Å². The molecule has 2 aliphatic heterocycles. The third-order valence-electron chi connectivity index (χ3n) is 6.35. The Morgan fingerprint density at radius 3 is 2.02 bits per heavy atom. The van der Waals surface area contributed by atoms with Gasteiger partial charge in [0.25, 0.3) is 5.91 Å². The molecule has 4 rings (SSSR count). The summed E-state index contributed by atoms with van der Waals surface area (Å²) >= 11 is 0. The first-order chi connectivity index (χ1) is 18.9. The van der Waals surface area contributed by atoms with Crippen LogP contribution >= 0.6 is 0 Å². The quantitative estimate of drug-likeness (QED) is 0.452. The fourth-order valence-corrected chi connectivity index (χ4v) is 4.32. The second-order valence-corrected chi connectivity index (χ2v) is 9.90. The van der Waals surface area contributed by atoms with Crippen LogP contribution in [0.2, 0.25) is 0 Å². The largest absolute Gasteiger partial charge is 0.490 e. The number of fused-ring (bicyclic) bond motifs is 1. The van der Waals surface area contributed by atoms with E-state index >= 15 is 0 Å². The number of pyridine rings is 1. The van der Waals surface area contributed by atoms with Crippen molar-refractivity contribution in [2.75, 3.05) is 13.1 Å². The maximum Gasteiger partial charge on any atom is 0.490 e. The Bertz CT molecular complexity index is 1150. The van der Waals surface area contributed by atoms with Gasteiger partial charge >= 0.3 is 24.3 Å². The molecule has 1 spiro atoms.